The SMILES string of the molecule is O=C(O[C@@H]1CCOC1=O)ON1C(=O)CCC1=O.O=C1OCC[C@H]1O. The first-order valence-corrected chi connectivity index (χ1v) is 7.14. The maximum atomic E-state index is 11.2. The summed E-state index contributed by atoms with van der Waals surface area (Å²) < 4.78 is 13.5. The van der Waals surface area contributed by atoms with Crippen LogP contribution in [0.3, 0.4) is 0 Å². The first kappa shape index (κ1) is 17.7. The first-order valence-electron chi connectivity index (χ1n) is 7.14. The minimum Gasteiger partial charge on any atom is -0.464 e. The Hall–Kier alpha value is -2.69. The highest BCUT2D eigenvalue weighted by atomic mass is 16.8. The molecule has 1 N–H and O–H groups in total. The van der Waals surface area contributed by atoms with E-state index < -0.39 is 42.1 Å². The van der Waals surface area contributed by atoms with Crippen molar-refractivity contribution < 1.29 is 48.1 Å². The van der Waals surface area contributed by atoms with E-state index in [1.165, 1.54) is 0 Å². The van der Waals surface area contributed by atoms with Gasteiger partial charge in [-0.3, -0.25) is 14.4 Å². The second-order valence-electron chi connectivity index (χ2n) is 4.96. The van der Waals surface area contributed by atoms with Crippen LogP contribution in [0.2, 0.25) is 0 Å². The third-order valence-electron chi connectivity index (χ3n) is 3.21. The molecule has 0 aromatic rings. The molecule has 3 fully saturated rings. The van der Waals surface area contributed by atoms with E-state index in [0.29, 0.717) is 18.1 Å². The topological polar surface area (TPSA) is 146 Å². The number of esters is 2. The van der Waals surface area contributed by atoms with Gasteiger partial charge in [0.2, 0.25) is 6.10 Å². The number of hydrogen-bond acceptors (Lipinski definition) is 10. The van der Waals surface area contributed by atoms with Crippen LogP contribution in [-0.2, 0) is 38.2 Å². The Bertz CT molecular complexity index is 543. The van der Waals surface area contributed by atoms with Crippen LogP contribution in [0.15, 0.2) is 0 Å². The highest BCUT2D eigenvalue weighted by Crippen LogP contribution is 2.15. The largest absolute Gasteiger partial charge is 0.534 e. The number of ether oxygens (including phenoxy) is 3. The van der Waals surface area contributed by atoms with E-state index in [2.05, 4.69) is 19.0 Å². The van der Waals surface area contributed by atoms with Crippen molar-refractivity contribution in [3.8, 4) is 0 Å². The zero-order chi connectivity index (χ0) is 17.7. The molecule has 3 rings (SSSR count). The summed E-state index contributed by atoms with van der Waals surface area (Å²) in [6, 6.07) is 0. The van der Waals surface area contributed by atoms with Crippen molar-refractivity contribution in [3.63, 3.8) is 0 Å². The highest BCUT2D eigenvalue weighted by Gasteiger charge is 2.36. The molecular formula is C13H15NO10. The number of hydrogen-bond donors (Lipinski definition) is 1. The van der Waals surface area contributed by atoms with Gasteiger partial charge >= 0.3 is 18.1 Å². The lowest BCUT2D eigenvalue weighted by Crippen LogP contribution is -2.34. The number of imide groups is 1. The van der Waals surface area contributed by atoms with Crippen LogP contribution in [0.1, 0.15) is 25.7 Å². The molecule has 132 valence electrons. The molecule has 24 heavy (non-hydrogen) atoms. The molecule has 0 bridgehead atoms. The molecule has 2 atom stereocenters. The molecule has 0 aromatic carbocycles. The number of hydroxylamine groups is 2. The molecule has 3 aliphatic heterocycles. The van der Waals surface area contributed by atoms with Crippen LogP contribution in [0.25, 0.3) is 0 Å². The molecule has 0 radical (unpaired) electrons. The minimum absolute atomic E-state index is 0.00240. The summed E-state index contributed by atoms with van der Waals surface area (Å²) in [5.41, 5.74) is 0. The monoisotopic (exact) mass is 345 g/mol. The van der Waals surface area contributed by atoms with Crippen LogP contribution in [0.5, 0.6) is 0 Å². The van der Waals surface area contributed by atoms with Crippen molar-refractivity contribution in [1.29, 1.82) is 0 Å². The van der Waals surface area contributed by atoms with Gasteiger partial charge in [0.05, 0.1) is 13.2 Å². The zero-order valence-corrected chi connectivity index (χ0v) is 12.5. The van der Waals surface area contributed by atoms with E-state index in [9.17, 15) is 24.0 Å². The van der Waals surface area contributed by atoms with Crippen LogP contribution in [0, 0.1) is 0 Å². The third kappa shape index (κ3) is 4.41. The van der Waals surface area contributed by atoms with Gasteiger partial charge in [-0.25, -0.2) is 14.4 Å². The summed E-state index contributed by atoms with van der Waals surface area (Å²) in [5.74, 6) is -2.37. The van der Waals surface area contributed by atoms with Crippen LogP contribution < -0.4 is 0 Å². The van der Waals surface area contributed by atoms with Gasteiger partial charge in [0.1, 0.15) is 0 Å². The Balaban J connectivity index is 0.000000249. The summed E-state index contributed by atoms with van der Waals surface area (Å²) in [7, 11) is 0. The number of cyclic esters (lactones) is 2. The van der Waals surface area contributed by atoms with Crippen molar-refractivity contribution in [1.82, 2.24) is 5.06 Å². The van der Waals surface area contributed by atoms with E-state index in [0.717, 1.165) is 0 Å². The molecular weight excluding hydrogens is 330 g/mol. The summed E-state index contributed by atoms with van der Waals surface area (Å²) >= 11 is 0. The lowest BCUT2D eigenvalue weighted by Gasteiger charge is -2.13. The molecule has 0 aromatic heterocycles. The molecule has 11 nitrogen and oxygen atoms in total. The van der Waals surface area contributed by atoms with E-state index in [-0.39, 0.29) is 25.9 Å². The second kappa shape index (κ2) is 7.73. The average Bonchev–Trinajstić information content (AvgIpc) is 3.19. The Morgan fingerprint density at radius 1 is 1.00 bits per heavy atom. The molecule has 0 spiro atoms. The predicted octanol–water partition coefficient (Wildman–Crippen LogP) is -1.19. The number of carbonyl (C=O) groups excluding carboxylic acids is 5. The lowest BCUT2D eigenvalue weighted by molar-refractivity contribution is -0.179. The molecule has 11 heteroatoms. The molecule has 0 aliphatic carbocycles. The van der Waals surface area contributed by atoms with Crippen LogP contribution in [0.4, 0.5) is 4.79 Å². The Morgan fingerprint density at radius 3 is 2.00 bits per heavy atom. The first-order chi connectivity index (χ1) is 11.4. The van der Waals surface area contributed by atoms with Gasteiger partial charge in [-0.05, 0) is 0 Å². The summed E-state index contributed by atoms with van der Waals surface area (Å²) in [6.45, 7) is 0.540. The molecule has 0 unspecified atom stereocenters. The summed E-state index contributed by atoms with van der Waals surface area (Å²) in [6.07, 6.45) is -2.46. The van der Waals surface area contributed by atoms with Gasteiger partial charge in [-0.1, -0.05) is 5.06 Å². The Kier molecular flexibility index (Phi) is 5.68. The van der Waals surface area contributed by atoms with Gasteiger partial charge in [-0.15, -0.1) is 0 Å². The maximum absolute atomic E-state index is 11.2. The van der Waals surface area contributed by atoms with Gasteiger partial charge < -0.3 is 19.3 Å². The van der Waals surface area contributed by atoms with Crippen molar-refractivity contribution >= 4 is 29.9 Å². The Morgan fingerprint density at radius 2 is 1.58 bits per heavy atom. The minimum atomic E-state index is -1.27. The number of carbonyl (C=O) groups is 5. The van der Waals surface area contributed by atoms with Crippen molar-refractivity contribution in [2.75, 3.05) is 13.2 Å². The predicted molar refractivity (Wildman–Crippen MR) is 69.6 cm³/mol. The van der Waals surface area contributed by atoms with E-state index in [1.807, 2.05) is 0 Å². The fourth-order valence-corrected chi connectivity index (χ4v) is 1.94. The maximum Gasteiger partial charge on any atom is 0.534 e. The number of rotatable bonds is 2. The second-order valence-corrected chi connectivity index (χ2v) is 4.96. The molecule has 3 heterocycles. The van der Waals surface area contributed by atoms with Gasteiger partial charge in [0.25, 0.3) is 11.8 Å². The number of amides is 2. The molecule has 3 aliphatic rings. The van der Waals surface area contributed by atoms with Crippen molar-refractivity contribution in [2.24, 2.45) is 0 Å². The van der Waals surface area contributed by atoms with Gasteiger partial charge in [0.15, 0.2) is 6.10 Å². The zero-order valence-electron chi connectivity index (χ0n) is 12.5. The summed E-state index contributed by atoms with van der Waals surface area (Å²) in [5, 5.41) is 8.87. The fraction of sp³-hybridized carbons (Fsp3) is 0.615. The van der Waals surface area contributed by atoms with E-state index >= 15 is 0 Å². The fourth-order valence-electron chi connectivity index (χ4n) is 1.94. The molecule has 2 amide bonds. The van der Waals surface area contributed by atoms with Crippen molar-refractivity contribution in [3.05, 3.63) is 0 Å². The van der Waals surface area contributed by atoms with Crippen LogP contribution >= 0.6 is 0 Å². The lowest BCUT2D eigenvalue weighted by atomic mass is 10.3. The average molecular weight is 345 g/mol. The smallest absolute Gasteiger partial charge is 0.464 e. The quantitative estimate of drug-likeness (QED) is 0.368. The Labute approximate surface area is 135 Å². The number of aliphatic hydroxyl groups is 1. The van der Waals surface area contributed by atoms with E-state index in [1.54, 1.807) is 0 Å². The van der Waals surface area contributed by atoms with Crippen LogP contribution in [-0.4, -0.2) is 65.5 Å². The standard InChI is InChI=1S/C9H9NO7.C4H6O3/c11-6-1-2-7(12)10(6)17-9(14)16-5-3-4-15-8(5)13;5-3-1-2-7-4(3)6/h5H,1-4H2;3,5H,1-2H2/t5-;3-/m11/s1. The van der Waals surface area contributed by atoms with E-state index in [4.69, 9.17) is 5.11 Å². The number of aliphatic hydroxyl groups excluding tert-OH is 1. The van der Waals surface area contributed by atoms with Gasteiger partial charge in [-0.2, -0.15) is 0 Å². The number of nitrogens with zero attached hydrogens (tertiary/aromatic N) is 1. The van der Waals surface area contributed by atoms with Gasteiger partial charge in [0, 0.05) is 25.7 Å². The normalized spacial score (nSPS) is 25.8. The molecule has 0 saturated carbocycles. The summed E-state index contributed by atoms with van der Waals surface area (Å²) in [4.78, 5) is 58.9. The van der Waals surface area contributed by atoms with Crippen molar-refractivity contribution in [2.45, 2.75) is 37.9 Å². The third-order valence-corrected chi connectivity index (χ3v) is 3.21. The highest BCUT2D eigenvalue weighted by molar-refractivity contribution is 6.01. The molecule has 3 saturated heterocycles.